The number of aromatic nitrogens is 2. The normalized spacial score (nSPS) is 10.9. The molecule has 0 spiro atoms. The molecule has 0 unspecified atom stereocenters. The lowest BCUT2D eigenvalue weighted by Gasteiger charge is -2.11. The number of hydrogen-bond donors (Lipinski definition) is 3. The van der Waals surface area contributed by atoms with Crippen LogP contribution in [-0.2, 0) is 6.54 Å². The monoisotopic (exact) mass is 425 g/mol. The molecule has 2 aromatic carbocycles. The molecule has 22 heavy (non-hydrogen) atoms. The first-order valence-electron chi connectivity index (χ1n) is 6.54. The molecule has 114 valence electrons. The maximum absolute atomic E-state index is 11.3. The van der Waals surface area contributed by atoms with E-state index in [1.165, 1.54) is 0 Å². The summed E-state index contributed by atoms with van der Waals surface area (Å²) in [5.74, 6) is 0.773. The van der Waals surface area contributed by atoms with Gasteiger partial charge in [0, 0.05) is 12.2 Å². The number of ether oxygens (including phenoxy) is 1. The number of imidazole rings is 1. The highest BCUT2D eigenvalue weighted by molar-refractivity contribution is 9.11. The lowest BCUT2D eigenvalue weighted by atomic mass is 10.2. The molecule has 0 aliphatic heterocycles. The molecule has 0 saturated heterocycles. The Morgan fingerprint density at radius 2 is 1.77 bits per heavy atom. The SMILES string of the molecule is COc1c(Br)cc(CNc2ccc3[nH]c(=O)[nH]c3c2)cc1Br. The first-order chi connectivity index (χ1) is 10.6. The minimum absolute atomic E-state index is 0.199. The second-order valence-corrected chi connectivity index (χ2v) is 6.49. The van der Waals surface area contributed by atoms with Gasteiger partial charge < -0.3 is 20.0 Å². The fourth-order valence-corrected chi connectivity index (χ4v) is 3.86. The summed E-state index contributed by atoms with van der Waals surface area (Å²) in [6.07, 6.45) is 0. The third-order valence-corrected chi connectivity index (χ3v) is 4.45. The van der Waals surface area contributed by atoms with Crippen LogP contribution >= 0.6 is 31.9 Å². The molecule has 5 nitrogen and oxygen atoms in total. The van der Waals surface area contributed by atoms with Crippen LogP contribution in [0.2, 0.25) is 0 Å². The number of methoxy groups -OCH3 is 1. The number of aromatic amines is 2. The zero-order chi connectivity index (χ0) is 15.7. The summed E-state index contributed by atoms with van der Waals surface area (Å²) in [6, 6.07) is 9.72. The number of hydrogen-bond acceptors (Lipinski definition) is 3. The van der Waals surface area contributed by atoms with Crippen molar-refractivity contribution in [1.82, 2.24) is 9.97 Å². The molecule has 3 rings (SSSR count). The summed E-state index contributed by atoms with van der Waals surface area (Å²) in [5, 5.41) is 3.34. The Kier molecular flexibility index (Phi) is 4.26. The summed E-state index contributed by atoms with van der Waals surface area (Å²) in [7, 11) is 1.63. The van der Waals surface area contributed by atoms with Gasteiger partial charge in [-0.25, -0.2) is 4.79 Å². The van der Waals surface area contributed by atoms with Crippen molar-refractivity contribution in [3.05, 3.63) is 55.3 Å². The quantitative estimate of drug-likeness (QED) is 0.590. The van der Waals surface area contributed by atoms with Crippen molar-refractivity contribution in [1.29, 1.82) is 0 Å². The third-order valence-electron chi connectivity index (χ3n) is 3.27. The van der Waals surface area contributed by atoms with E-state index in [2.05, 4.69) is 47.1 Å². The van der Waals surface area contributed by atoms with Crippen molar-refractivity contribution < 1.29 is 4.74 Å². The molecule has 0 amide bonds. The lowest BCUT2D eigenvalue weighted by Crippen LogP contribution is -2.00. The van der Waals surface area contributed by atoms with Gasteiger partial charge in [-0.2, -0.15) is 0 Å². The van der Waals surface area contributed by atoms with E-state index in [4.69, 9.17) is 4.74 Å². The van der Waals surface area contributed by atoms with E-state index in [-0.39, 0.29) is 5.69 Å². The van der Waals surface area contributed by atoms with E-state index < -0.39 is 0 Å². The largest absolute Gasteiger partial charge is 0.494 e. The van der Waals surface area contributed by atoms with Crippen LogP contribution in [0.5, 0.6) is 5.75 Å². The van der Waals surface area contributed by atoms with Crippen molar-refractivity contribution in [2.24, 2.45) is 0 Å². The van der Waals surface area contributed by atoms with Crippen molar-refractivity contribution in [3.8, 4) is 5.75 Å². The smallest absolute Gasteiger partial charge is 0.323 e. The van der Waals surface area contributed by atoms with Gasteiger partial charge >= 0.3 is 5.69 Å². The van der Waals surface area contributed by atoms with E-state index in [1.54, 1.807) is 7.11 Å². The van der Waals surface area contributed by atoms with E-state index in [9.17, 15) is 4.79 Å². The highest BCUT2D eigenvalue weighted by Gasteiger charge is 2.08. The van der Waals surface area contributed by atoms with E-state index >= 15 is 0 Å². The van der Waals surface area contributed by atoms with Gasteiger partial charge in [0.2, 0.25) is 0 Å². The van der Waals surface area contributed by atoms with Gasteiger partial charge in [-0.05, 0) is 67.8 Å². The number of fused-ring (bicyclic) bond motifs is 1. The average Bonchev–Trinajstić information content (AvgIpc) is 2.84. The lowest BCUT2D eigenvalue weighted by molar-refractivity contribution is 0.409. The van der Waals surface area contributed by atoms with Gasteiger partial charge in [-0.1, -0.05) is 0 Å². The van der Waals surface area contributed by atoms with Gasteiger partial charge in [-0.15, -0.1) is 0 Å². The van der Waals surface area contributed by atoms with E-state index in [0.717, 1.165) is 37.0 Å². The zero-order valence-corrected chi connectivity index (χ0v) is 14.8. The predicted octanol–water partition coefficient (Wildman–Crippen LogP) is 4.00. The maximum Gasteiger partial charge on any atom is 0.323 e. The summed E-state index contributed by atoms with van der Waals surface area (Å²) < 4.78 is 7.08. The van der Waals surface area contributed by atoms with Crippen LogP contribution in [0.15, 0.2) is 44.1 Å². The average molecular weight is 427 g/mol. The standard InChI is InChI=1S/C15H13Br2N3O2/c1-22-14-10(16)4-8(5-11(14)17)7-18-9-2-3-12-13(6-9)20-15(21)19-12/h2-6,18H,7H2,1H3,(H2,19,20,21). The van der Waals surface area contributed by atoms with Gasteiger partial charge in [0.1, 0.15) is 5.75 Å². The molecule has 0 atom stereocenters. The highest BCUT2D eigenvalue weighted by atomic mass is 79.9. The summed E-state index contributed by atoms with van der Waals surface area (Å²) in [6.45, 7) is 0.654. The van der Waals surface area contributed by atoms with Crippen molar-refractivity contribution in [2.75, 3.05) is 12.4 Å². The molecular weight excluding hydrogens is 414 g/mol. The topological polar surface area (TPSA) is 69.9 Å². The summed E-state index contributed by atoms with van der Waals surface area (Å²) >= 11 is 6.99. The number of rotatable bonds is 4. The Hall–Kier alpha value is -1.73. The van der Waals surface area contributed by atoms with Crippen LogP contribution in [0, 0.1) is 0 Å². The number of nitrogens with one attached hydrogen (secondary N) is 3. The fraction of sp³-hybridized carbons (Fsp3) is 0.133. The molecule has 3 N–H and O–H groups in total. The number of halogens is 2. The number of H-pyrrole nitrogens is 2. The fourth-order valence-electron chi connectivity index (χ4n) is 2.26. The van der Waals surface area contributed by atoms with Crippen LogP contribution in [0.3, 0.4) is 0 Å². The van der Waals surface area contributed by atoms with Crippen molar-refractivity contribution in [2.45, 2.75) is 6.54 Å². The molecule has 0 aliphatic rings. The Bertz CT molecular complexity index is 863. The molecule has 0 fully saturated rings. The molecule has 0 radical (unpaired) electrons. The minimum Gasteiger partial charge on any atom is -0.494 e. The Morgan fingerprint density at radius 1 is 1.09 bits per heavy atom. The second-order valence-electron chi connectivity index (χ2n) is 4.79. The molecule has 0 saturated carbocycles. The molecule has 3 aromatic rings. The van der Waals surface area contributed by atoms with Crippen molar-refractivity contribution in [3.63, 3.8) is 0 Å². The van der Waals surface area contributed by atoms with Crippen LogP contribution in [0.4, 0.5) is 5.69 Å². The minimum atomic E-state index is -0.199. The number of anilines is 1. The van der Waals surface area contributed by atoms with Gasteiger partial charge in [0.15, 0.2) is 0 Å². The van der Waals surface area contributed by atoms with E-state index in [0.29, 0.717) is 6.54 Å². The van der Waals surface area contributed by atoms with Crippen LogP contribution in [0.25, 0.3) is 11.0 Å². The molecule has 0 bridgehead atoms. The molecule has 7 heteroatoms. The Labute approximate surface area is 143 Å². The van der Waals surface area contributed by atoms with E-state index in [1.807, 2.05) is 30.3 Å². The van der Waals surface area contributed by atoms with Gasteiger partial charge in [0.05, 0.1) is 27.1 Å². The van der Waals surface area contributed by atoms with Crippen molar-refractivity contribution >= 4 is 48.6 Å². The van der Waals surface area contributed by atoms with Crippen LogP contribution < -0.4 is 15.7 Å². The molecule has 0 aliphatic carbocycles. The zero-order valence-electron chi connectivity index (χ0n) is 11.7. The Morgan fingerprint density at radius 3 is 2.45 bits per heavy atom. The van der Waals surface area contributed by atoms with Crippen LogP contribution in [-0.4, -0.2) is 17.1 Å². The summed E-state index contributed by atoms with van der Waals surface area (Å²) in [4.78, 5) is 16.7. The predicted molar refractivity (Wildman–Crippen MR) is 94.6 cm³/mol. The first kappa shape index (κ1) is 15.2. The van der Waals surface area contributed by atoms with Crippen LogP contribution in [0.1, 0.15) is 5.56 Å². The number of benzene rings is 2. The van der Waals surface area contributed by atoms with Gasteiger partial charge in [0.25, 0.3) is 0 Å². The van der Waals surface area contributed by atoms with Gasteiger partial charge in [-0.3, -0.25) is 0 Å². The first-order valence-corrected chi connectivity index (χ1v) is 8.13. The molecule has 1 heterocycles. The maximum atomic E-state index is 11.3. The molecule has 1 aromatic heterocycles. The Balaban J connectivity index is 1.80. The molecular formula is C15H13Br2N3O2. The summed E-state index contributed by atoms with van der Waals surface area (Å²) in [5.41, 5.74) is 3.42. The highest BCUT2D eigenvalue weighted by Crippen LogP contribution is 2.34. The second kappa shape index (κ2) is 6.18. The third kappa shape index (κ3) is 3.05.